The van der Waals surface area contributed by atoms with Crippen LogP contribution in [0.3, 0.4) is 0 Å². The molecule has 1 heterocycles. The standard InChI is InChI=1S/C15H23N3O2/c1-11(16-3)12-4-6-13(7-5-12)17-14(19)18-9-8-15(2,20)10-18/h4-7,11,16,20H,8-10H2,1-3H3,(H,17,19). The molecule has 0 aromatic heterocycles. The van der Waals surface area contributed by atoms with Crippen molar-refractivity contribution in [2.24, 2.45) is 0 Å². The second-order valence-corrected chi connectivity index (χ2v) is 5.73. The van der Waals surface area contributed by atoms with E-state index in [1.54, 1.807) is 11.8 Å². The highest BCUT2D eigenvalue weighted by Crippen LogP contribution is 2.21. The lowest BCUT2D eigenvalue weighted by atomic mass is 10.1. The zero-order valence-corrected chi connectivity index (χ0v) is 12.3. The van der Waals surface area contributed by atoms with Crippen LogP contribution in [0.25, 0.3) is 0 Å². The minimum atomic E-state index is -0.760. The van der Waals surface area contributed by atoms with Crippen LogP contribution in [-0.4, -0.2) is 41.8 Å². The average Bonchev–Trinajstić information content (AvgIpc) is 2.79. The summed E-state index contributed by atoms with van der Waals surface area (Å²) in [5.41, 5.74) is 1.19. The molecule has 0 aliphatic carbocycles. The van der Waals surface area contributed by atoms with E-state index in [1.807, 2.05) is 31.3 Å². The molecule has 1 aliphatic rings. The number of hydrogen-bond acceptors (Lipinski definition) is 3. The summed E-state index contributed by atoms with van der Waals surface area (Å²) in [6.07, 6.45) is 0.624. The molecule has 20 heavy (non-hydrogen) atoms. The van der Waals surface area contributed by atoms with Crippen molar-refractivity contribution in [3.05, 3.63) is 29.8 Å². The third-order valence-corrected chi connectivity index (χ3v) is 3.83. The number of rotatable bonds is 3. The van der Waals surface area contributed by atoms with E-state index in [4.69, 9.17) is 0 Å². The highest BCUT2D eigenvalue weighted by molar-refractivity contribution is 5.89. The molecular formula is C15H23N3O2. The molecule has 1 aromatic rings. The van der Waals surface area contributed by atoms with Gasteiger partial charge in [-0.25, -0.2) is 4.79 Å². The third kappa shape index (κ3) is 3.49. The summed E-state index contributed by atoms with van der Waals surface area (Å²) in [5, 5.41) is 15.9. The van der Waals surface area contributed by atoms with Crippen LogP contribution in [0.4, 0.5) is 10.5 Å². The number of carbonyl (C=O) groups is 1. The lowest BCUT2D eigenvalue weighted by Crippen LogP contribution is -2.36. The van der Waals surface area contributed by atoms with Crippen molar-refractivity contribution in [2.75, 3.05) is 25.5 Å². The molecule has 110 valence electrons. The number of benzene rings is 1. The van der Waals surface area contributed by atoms with Gasteiger partial charge in [-0.05, 0) is 45.0 Å². The van der Waals surface area contributed by atoms with Gasteiger partial charge in [-0.2, -0.15) is 0 Å². The van der Waals surface area contributed by atoms with Crippen LogP contribution in [0.15, 0.2) is 24.3 Å². The first-order valence-corrected chi connectivity index (χ1v) is 6.97. The molecule has 1 fully saturated rings. The number of aliphatic hydroxyl groups is 1. The molecule has 5 nitrogen and oxygen atoms in total. The van der Waals surface area contributed by atoms with Crippen LogP contribution < -0.4 is 10.6 Å². The summed E-state index contributed by atoms with van der Waals surface area (Å²) in [6.45, 7) is 4.82. The monoisotopic (exact) mass is 277 g/mol. The summed E-state index contributed by atoms with van der Waals surface area (Å²) in [6, 6.07) is 7.92. The number of nitrogens with zero attached hydrogens (tertiary/aromatic N) is 1. The molecule has 1 aliphatic heterocycles. The van der Waals surface area contributed by atoms with Crippen molar-refractivity contribution >= 4 is 11.7 Å². The molecule has 2 rings (SSSR count). The first-order valence-electron chi connectivity index (χ1n) is 6.97. The predicted molar refractivity (Wildman–Crippen MR) is 79.7 cm³/mol. The maximum absolute atomic E-state index is 12.1. The maximum Gasteiger partial charge on any atom is 0.321 e. The molecule has 2 unspecified atom stereocenters. The van der Waals surface area contributed by atoms with Crippen LogP contribution in [0, 0.1) is 0 Å². The smallest absolute Gasteiger partial charge is 0.321 e. The molecule has 1 saturated heterocycles. The number of likely N-dealkylation sites (tertiary alicyclic amines) is 1. The second kappa shape index (κ2) is 5.81. The van der Waals surface area contributed by atoms with Crippen LogP contribution in [0.5, 0.6) is 0 Å². The van der Waals surface area contributed by atoms with Gasteiger partial charge in [-0.1, -0.05) is 12.1 Å². The van der Waals surface area contributed by atoms with Gasteiger partial charge in [-0.15, -0.1) is 0 Å². The van der Waals surface area contributed by atoms with Gasteiger partial charge < -0.3 is 20.6 Å². The Kier molecular flexibility index (Phi) is 4.30. The predicted octanol–water partition coefficient (Wildman–Crippen LogP) is 1.96. The van der Waals surface area contributed by atoms with Crippen LogP contribution in [0.1, 0.15) is 31.9 Å². The molecule has 1 aromatic carbocycles. The zero-order valence-electron chi connectivity index (χ0n) is 12.3. The topological polar surface area (TPSA) is 64.6 Å². The fraction of sp³-hybridized carbons (Fsp3) is 0.533. The Morgan fingerprint density at radius 3 is 2.55 bits per heavy atom. The van der Waals surface area contributed by atoms with E-state index in [9.17, 15) is 9.90 Å². The van der Waals surface area contributed by atoms with Crippen LogP contribution in [0.2, 0.25) is 0 Å². The van der Waals surface area contributed by atoms with E-state index in [0.717, 1.165) is 5.69 Å². The van der Waals surface area contributed by atoms with Gasteiger partial charge in [-0.3, -0.25) is 0 Å². The maximum atomic E-state index is 12.1. The second-order valence-electron chi connectivity index (χ2n) is 5.73. The highest BCUT2D eigenvalue weighted by Gasteiger charge is 2.33. The average molecular weight is 277 g/mol. The fourth-order valence-corrected chi connectivity index (χ4v) is 2.34. The third-order valence-electron chi connectivity index (χ3n) is 3.83. The van der Waals surface area contributed by atoms with Gasteiger partial charge >= 0.3 is 6.03 Å². The molecule has 0 spiro atoms. The molecule has 3 N–H and O–H groups in total. The molecular weight excluding hydrogens is 254 g/mol. The Labute approximate surface area is 120 Å². The first-order chi connectivity index (χ1) is 9.41. The van der Waals surface area contributed by atoms with Crippen molar-refractivity contribution in [1.82, 2.24) is 10.2 Å². The SMILES string of the molecule is CNC(C)c1ccc(NC(=O)N2CCC(C)(O)C2)cc1. The largest absolute Gasteiger partial charge is 0.388 e. The van der Waals surface area contributed by atoms with E-state index in [0.29, 0.717) is 19.5 Å². The summed E-state index contributed by atoms with van der Waals surface area (Å²) < 4.78 is 0. The van der Waals surface area contributed by atoms with Crippen LogP contribution in [-0.2, 0) is 0 Å². The number of urea groups is 1. The van der Waals surface area contributed by atoms with Crippen LogP contribution >= 0.6 is 0 Å². The number of anilines is 1. The highest BCUT2D eigenvalue weighted by atomic mass is 16.3. The molecule has 2 atom stereocenters. The van der Waals surface area contributed by atoms with Gasteiger partial charge in [0.15, 0.2) is 0 Å². The summed E-state index contributed by atoms with van der Waals surface area (Å²) in [4.78, 5) is 13.7. The number of carbonyl (C=O) groups excluding carboxylic acids is 1. The van der Waals surface area contributed by atoms with Gasteiger partial charge in [0.1, 0.15) is 0 Å². The fourth-order valence-electron chi connectivity index (χ4n) is 2.34. The number of hydrogen-bond donors (Lipinski definition) is 3. The number of β-amino-alcohol motifs (C(OH)–C–C–N with tert-alkyl or cyclic N) is 1. The Hall–Kier alpha value is -1.59. The van der Waals surface area contributed by atoms with Gasteiger partial charge in [0.25, 0.3) is 0 Å². The van der Waals surface area contributed by atoms with Crippen molar-refractivity contribution in [1.29, 1.82) is 0 Å². The van der Waals surface area contributed by atoms with Gasteiger partial charge in [0, 0.05) is 18.3 Å². The summed E-state index contributed by atoms with van der Waals surface area (Å²) >= 11 is 0. The van der Waals surface area contributed by atoms with Crippen molar-refractivity contribution in [3.8, 4) is 0 Å². The first kappa shape index (κ1) is 14.8. The normalized spacial score (nSPS) is 23.7. The van der Waals surface area contributed by atoms with E-state index in [-0.39, 0.29) is 12.1 Å². The van der Waals surface area contributed by atoms with E-state index >= 15 is 0 Å². The summed E-state index contributed by atoms with van der Waals surface area (Å²) in [5.74, 6) is 0. The van der Waals surface area contributed by atoms with E-state index in [1.165, 1.54) is 5.56 Å². The number of nitrogens with one attached hydrogen (secondary N) is 2. The summed E-state index contributed by atoms with van der Waals surface area (Å²) in [7, 11) is 1.92. The zero-order chi connectivity index (χ0) is 14.8. The van der Waals surface area contributed by atoms with Crippen molar-refractivity contribution < 1.29 is 9.90 Å². The Morgan fingerprint density at radius 2 is 2.05 bits per heavy atom. The lowest BCUT2D eigenvalue weighted by Gasteiger charge is -2.19. The number of amides is 2. The molecule has 0 bridgehead atoms. The van der Waals surface area contributed by atoms with Gasteiger partial charge in [0.2, 0.25) is 0 Å². The molecule has 0 radical (unpaired) electrons. The Morgan fingerprint density at radius 1 is 1.40 bits per heavy atom. The van der Waals surface area contributed by atoms with E-state index in [2.05, 4.69) is 17.6 Å². The molecule has 5 heteroatoms. The van der Waals surface area contributed by atoms with Crippen molar-refractivity contribution in [3.63, 3.8) is 0 Å². The molecule has 0 saturated carbocycles. The van der Waals surface area contributed by atoms with Crippen molar-refractivity contribution in [2.45, 2.75) is 31.9 Å². The molecule has 2 amide bonds. The van der Waals surface area contributed by atoms with Gasteiger partial charge in [0.05, 0.1) is 12.1 Å². The lowest BCUT2D eigenvalue weighted by molar-refractivity contribution is 0.0727. The Balaban J connectivity index is 1.95. The Bertz CT molecular complexity index is 471. The minimum Gasteiger partial charge on any atom is -0.388 e. The minimum absolute atomic E-state index is 0.155. The quantitative estimate of drug-likeness (QED) is 0.791. The van der Waals surface area contributed by atoms with E-state index < -0.39 is 5.60 Å².